The Morgan fingerprint density at radius 1 is 1.18 bits per heavy atom. The fraction of sp³-hybridized carbons (Fsp3) is 0.600. The summed E-state index contributed by atoms with van der Waals surface area (Å²) in [5.41, 5.74) is 1.42. The Bertz CT molecular complexity index is 316. The highest BCUT2D eigenvalue weighted by Gasteiger charge is 2.19. The van der Waals surface area contributed by atoms with E-state index >= 15 is 0 Å². The molecule has 2 nitrogen and oxygen atoms in total. The van der Waals surface area contributed by atoms with Crippen molar-refractivity contribution in [2.45, 2.75) is 45.1 Å². The maximum atomic E-state index is 5.43. The van der Waals surface area contributed by atoms with Gasteiger partial charge in [-0.2, -0.15) is 0 Å². The van der Waals surface area contributed by atoms with Gasteiger partial charge in [0.05, 0.1) is 6.61 Å². The fourth-order valence-electron chi connectivity index (χ4n) is 1.97. The number of aryl methyl sites for hydroxylation is 1. The van der Waals surface area contributed by atoms with Crippen LogP contribution in [0.15, 0.2) is 24.3 Å². The van der Waals surface area contributed by atoms with Gasteiger partial charge in [-0.3, -0.25) is 0 Å². The molecule has 0 bridgehead atoms. The van der Waals surface area contributed by atoms with Gasteiger partial charge in [0, 0.05) is 6.04 Å². The molecule has 1 aliphatic carbocycles. The van der Waals surface area contributed by atoms with E-state index in [2.05, 4.69) is 29.6 Å². The van der Waals surface area contributed by atoms with E-state index in [4.69, 9.17) is 4.74 Å². The smallest absolute Gasteiger partial charge is 0.119 e. The van der Waals surface area contributed by atoms with Gasteiger partial charge in [-0.05, 0) is 63.3 Å². The average Bonchev–Trinajstić information content (AvgIpc) is 3.15. The summed E-state index contributed by atoms with van der Waals surface area (Å²) >= 11 is 0. The zero-order valence-corrected chi connectivity index (χ0v) is 10.7. The molecule has 0 unspecified atom stereocenters. The summed E-state index contributed by atoms with van der Waals surface area (Å²) in [7, 11) is 0. The van der Waals surface area contributed by atoms with E-state index in [-0.39, 0.29) is 0 Å². The fourth-order valence-corrected chi connectivity index (χ4v) is 1.97. The van der Waals surface area contributed by atoms with Gasteiger partial charge in [-0.25, -0.2) is 0 Å². The lowest BCUT2D eigenvalue weighted by Gasteiger charge is -2.05. The van der Waals surface area contributed by atoms with E-state index in [1.165, 1.54) is 44.2 Å². The number of nitrogens with one attached hydrogen (secondary N) is 1. The largest absolute Gasteiger partial charge is 0.494 e. The Kier molecular flexibility index (Phi) is 4.87. The van der Waals surface area contributed by atoms with Crippen LogP contribution < -0.4 is 10.1 Å². The van der Waals surface area contributed by atoms with Gasteiger partial charge in [0.2, 0.25) is 0 Å². The first-order valence-electron chi connectivity index (χ1n) is 6.83. The summed E-state index contributed by atoms with van der Waals surface area (Å²) < 4.78 is 5.43. The highest BCUT2D eigenvalue weighted by atomic mass is 16.5. The monoisotopic (exact) mass is 233 g/mol. The highest BCUT2D eigenvalue weighted by Crippen LogP contribution is 2.18. The summed E-state index contributed by atoms with van der Waals surface area (Å²) in [6.45, 7) is 3.94. The molecule has 0 aromatic heterocycles. The minimum Gasteiger partial charge on any atom is -0.494 e. The third-order valence-corrected chi connectivity index (χ3v) is 3.14. The van der Waals surface area contributed by atoms with Crippen molar-refractivity contribution in [2.24, 2.45) is 0 Å². The topological polar surface area (TPSA) is 21.3 Å². The molecule has 0 aliphatic heterocycles. The third kappa shape index (κ3) is 4.78. The summed E-state index contributed by atoms with van der Waals surface area (Å²) in [6, 6.07) is 9.35. The van der Waals surface area contributed by atoms with Crippen molar-refractivity contribution in [1.82, 2.24) is 5.32 Å². The van der Waals surface area contributed by atoms with E-state index in [1.54, 1.807) is 0 Å². The second-order valence-electron chi connectivity index (χ2n) is 4.76. The van der Waals surface area contributed by atoms with Gasteiger partial charge >= 0.3 is 0 Å². The molecule has 0 radical (unpaired) electrons. The Balaban J connectivity index is 1.60. The number of hydrogen-bond acceptors (Lipinski definition) is 2. The predicted molar refractivity (Wildman–Crippen MR) is 71.6 cm³/mol. The molecular formula is C15H23NO. The van der Waals surface area contributed by atoms with Crippen molar-refractivity contribution < 1.29 is 4.74 Å². The Hall–Kier alpha value is -1.02. The second-order valence-corrected chi connectivity index (χ2v) is 4.76. The first-order valence-corrected chi connectivity index (χ1v) is 6.83. The molecule has 17 heavy (non-hydrogen) atoms. The number of ether oxygens (including phenoxy) is 1. The van der Waals surface area contributed by atoms with Crippen LogP contribution >= 0.6 is 0 Å². The third-order valence-electron chi connectivity index (χ3n) is 3.14. The molecule has 2 rings (SSSR count). The van der Waals surface area contributed by atoms with Gasteiger partial charge in [-0.15, -0.1) is 0 Å². The SMILES string of the molecule is CCOc1ccc(CCCCNC2CC2)cc1. The molecule has 0 spiro atoms. The summed E-state index contributed by atoms with van der Waals surface area (Å²) in [5.74, 6) is 0.978. The molecule has 94 valence electrons. The van der Waals surface area contributed by atoms with Crippen LogP contribution in [0.5, 0.6) is 5.75 Å². The van der Waals surface area contributed by atoms with Gasteiger partial charge in [0.25, 0.3) is 0 Å². The molecule has 1 fully saturated rings. The molecule has 1 aromatic carbocycles. The zero-order chi connectivity index (χ0) is 11.9. The summed E-state index contributed by atoms with van der Waals surface area (Å²) in [4.78, 5) is 0. The van der Waals surface area contributed by atoms with Gasteiger partial charge < -0.3 is 10.1 Å². The normalized spacial score (nSPS) is 14.9. The van der Waals surface area contributed by atoms with E-state index in [0.29, 0.717) is 0 Å². The lowest BCUT2D eigenvalue weighted by Crippen LogP contribution is -2.17. The second kappa shape index (κ2) is 6.65. The number of hydrogen-bond donors (Lipinski definition) is 1. The minimum absolute atomic E-state index is 0.742. The van der Waals surface area contributed by atoms with E-state index < -0.39 is 0 Å². The van der Waals surface area contributed by atoms with Crippen molar-refractivity contribution in [3.05, 3.63) is 29.8 Å². The van der Waals surface area contributed by atoms with E-state index in [9.17, 15) is 0 Å². The number of benzene rings is 1. The van der Waals surface area contributed by atoms with Crippen LogP contribution in [0.25, 0.3) is 0 Å². The standard InChI is InChI=1S/C15H23NO/c1-2-17-15-10-6-13(7-11-15)5-3-4-12-16-14-8-9-14/h6-7,10-11,14,16H,2-5,8-9,12H2,1H3. The van der Waals surface area contributed by atoms with Crippen molar-refractivity contribution in [1.29, 1.82) is 0 Å². The lowest BCUT2D eigenvalue weighted by atomic mass is 10.1. The number of rotatable bonds is 8. The number of unbranched alkanes of at least 4 members (excludes halogenated alkanes) is 1. The van der Waals surface area contributed by atoms with Crippen LogP contribution in [0.2, 0.25) is 0 Å². The molecule has 0 saturated heterocycles. The Morgan fingerprint density at radius 3 is 2.59 bits per heavy atom. The van der Waals surface area contributed by atoms with E-state index in [0.717, 1.165) is 18.4 Å². The summed E-state index contributed by atoms with van der Waals surface area (Å²) in [6.07, 6.45) is 6.51. The first-order chi connectivity index (χ1) is 8.38. The van der Waals surface area contributed by atoms with Crippen molar-refractivity contribution in [3.8, 4) is 5.75 Å². The van der Waals surface area contributed by atoms with Crippen molar-refractivity contribution in [2.75, 3.05) is 13.2 Å². The molecular weight excluding hydrogens is 210 g/mol. The van der Waals surface area contributed by atoms with Crippen LogP contribution in [0.4, 0.5) is 0 Å². The van der Waals surface area contributed by atoms with Crippen molar-refractivity contribution >= 4 is 0 Å². The quantitative estimate of drug-likeness (QED) is 0.696. The van der Waals surface area contributed by atoms with Crippen LogP contribution in [0.1, 0.15) is 38.2 Å². The molecule has 0 heterocycles. The van der Waals surface area contributed by atoms with Crippen LogP contribution in [0, 0.1) is 0 Å². The van der Waals surface area contributed by atoms with Gasteiger partial charge in [0.1, 0.15) is 5.75 Å². The van der Waals surface area contributed by atoms with Gasteiger partial charge in [0.15, 0.2) is 0 Å². The first kappa shape index (κ1) is 12.4. The van der Waals surface area contributed by atoms with Gasteiger partial charge in [-0.1, -0.05) is 12.1 Å². The lowest BCUT2D eigenvalue weighted by molar-refractivity contribution is 0.340. The van der Waals surface area contributed by atoms with Crippen LogP contribution in [0.3, 0.4) is 0 Å². The molecule has 1 aromatic rings. The highest BCUT2D eigenvalue weighted by molar-refractivity contribution is 5.27. The van der Waals surface area contributed by atoms with Crippen LogP contribution in [-0.2, 0) is 6.42 Å². The maximum Gasteiger partial charge on any atom is 0.119 e. The summed E-state index contributed by atoms with van der Waals surface area (Å²) in [5, 5.41) is 3.55. The predicted octanol–water partition coefficient (Wildman–Crippen LogP) is 3.16. The Morgan fingerprint density at radius 2 is 1.94 bits per heavy atom. The minimum atomic E-state index is 0.742. The zero-order valence-electron chi connectivity index (χ0n) is 10.7. The average molecular weight is 233 g/mol. The molecule has 1 saturated carbocycles. The van der Waals surface area contributed by atoms with E-state index in [1.807, 2.05) is 6.92 Å². The molecule has 1 N–H and O–H groups in total. The molecule has 0 amide bonds. The van der Waals surface area contributed by atoms with Crippen LogP contribution in [-0.4, -0.2) is 19.2 Å². The van der Waals surface area contributed by atoms with Crippen molar-refractivity contribution in [3.63, 3.8) is 0 Å². The maximum absolute atomic E-state index is 5.43. The molecule has 0 atom stereocenters. The molecule has 1 aliphatic rings. The Labute approximate surface area is 104 Å². The molecule has 2 heteroatoms.